The molecular weight excluding hydrogens is 348 g/mol. The van der Waals surface area contributed by atoms with Crippen LogP contribution in [0.5, 0.6) is 17.2 Å². The molecule has 0 bridgehead atoms. The number of ether oxygens (including phenoxy) is 3. The number of methoxy groups -OCH3 is 3. The van der Waals surface area contributed by atoms with Crippen molar-refractivity contribution in [2.75, 3.05) is 21.3 Å². The molecule has 1 heterocycles. The molecule has 0 radical (unpaired) electrons. The van der Waals surface area contributed by atoms with Gasteiger partial charge in [0.25, 0.3) is 5.91 Å². The van der Waals surface area contributed by atoms with E-state index in [1.807, 2.05) is 6.92 Å². The van der Waals surface area contributed by atoms with Crippen LogP contribution in [0.25, 0.3) is 0 Å². The second kappa shape index (κ2) is 8.16. The van der Waals surface area contributed by atoms with Crippen molar-refractivity contribution in [1.82, 2.24) is 10.3 Å². The van der Waals surface area contributed by atoms with Gasteiger partial charge in [-0.15, -0.1) is 0 Å². The fourth-order valence-electron chi connectivity index (χ4n) is 3.21. The molecule has 1 aromatic carbocycles. The maximum atomic E-state index is 12.7. The van der Waals surface area contributed by atoms with Gasteiger partial charge in [-0.2, -0.15) is 0 Å². The smallest absolute Gasteiger partial charge is 0.268 e. The van der Waals surface area contributed by atoms with Crippen LogP contribution >= 0.6 is 0 Å². The Morgan fingerprint density at radius 2 is 1.59 bits per heavy atom. The number of rotatable bonds is 7. The minimum atomic E-state index is -0.324. The number of carbonyl (C=O) groups excluding carboxylic acids is 2. The molecule has 1 amide bonds. The first kappa shape index (κ1) is 20.4. The normalized spacial score (nSPS) is 11.7. The summed E-state index contributed by atoms with van der Waals surface area (Å²) >= 11 is 0. The standard InChI is InChI=1S/C20H26N2O5/c1-10-17(13(4)23)12(3)21-18(10)20(24)22-11(2)14-8-15(25-5)19(27-7)16(9-14)26-6/h8-9,11,21H,1-7H3,(H,22,24). The van der Waals surface area contributed by atoms with E-state index >= 15 is 0 Å². The number of hydrogen-bond acceptors (Lipinski definition) is 5. The summed E-state index contributed by atoms with van der Waals surface area (Å²) in [5, 5.41) is 2.94. The SMILES string of the molecule is COc1cc(C(C)NC(=O)c2[nH]c(C)c(C(C)=O)c2C)cc(OC)c1OC. The van der Waals surface area contributed by atoms with Crippen LogP contribution in [0.4, 0.5) is 0 Å². The van der Waals surface area contributed by atoms with Gasteiger partial charge in [0.1, 0.15) is 5.69 Å². The molecule has 1 atom stereocenters. The fourth-order valence-corrected chi connectivity index (χ4v) is 3.21. The summed E-state index contributed by atoms with van der Waals surface area (Å²) in [7, 11) is 4.62. The quantitative estimate of drug-likeness (QED) is 0.726. The van der Waals surface area contributed by atoms with E-state index in [4.69, 9.17) is 14.2 Å². The Labute approximate surface area is 159 Å². The van der Waals surface area contributed by atoms with Crippen LogP contribution in [-0.4, -0.2) is 38.0 Å². The van der Waals surface area contributed by atoms with Crippen LogP contribution in [0.2, 0.25) is 0 Å². The molecule has 0 fully saturated rings. The molecule has 27 heavy (non-hydrogen) atoms. The number of aromatic amines is 1. The highest BCUT2D eigenvalue weighted by Crippen LogP contribution is 2.39. The minimum Gasteiger partial charge on any atom is -0.493 e. The highest BCUT2D eigenvalue weighted by molar-refractivity contribution is 6.02. The van der Waals surface area contributed by atoms with Crippen molar-refractivity contribution in [3.05, 3.63) is 40.2 Å². The van der Waals surface area contributed by atoms with Crippen LogP contribution in [0.15, 0.2) is 12.1 Å². The Kier molecular flexibility index (Phi) is 6.15. The number of hydrogen-bond donors (Lipinski definition) is 2. The Morgan fingerprint density at radius 3 is 2.00 bits per heavy atom. The first-order valence-electron chi connectivity index (χ1n) is 8.55. The summed E-state index contributed by atoms with van der Waals surface area (Å²) in [5.74, 6) is 1.16. The molecule has 0 saturated carbocycles. The van der Waals surface area contributed by atoms with Crippen molar-refractivity contribution in [3.63, 3.8) is 0 Å². The van der Waals surface area contributed by atoms with Gasteiger partial charge in [0, 0.05) is 11.3 Å². The van der Waals surface area contributed by atoms with Crippen molar-refractivity contribution in [1.29, 1.82) is 0 Å². The monoisotopic (exact) mass is 374 g/mol. The van der Waals surface area contributed by atoms with E-state index in [-0.39, 0.29) is 17.7 Å². The molecule has 7 nitrogen and oxygen atoms in total. The molecule has 2 aromatic rings. The zero-order valence-corrected chi connectivity index (χ0v) is 16.8. The third kappa shape index (κ3) is 3.92. The zero-order chi connectivity index (χ0) is 20.3. The topological polar surface area (TPSA) is 89.7 Å². The largest absolute Gasteiger partial charge is 0.493 e. The van der Waals surface area contributed by atoms with Crippen molar-refractivity contribution in [2.45, 2.75) is 33.7 Å². The molecule has 0 saturated heterocycles. The van der Waals surface area contributed by atoms with Crippen molar-refractivity contribution < 1.29 is 23.8 Å². The van der Waals surface area contributed by atoms with Crippen LogP contribution in [0.3, 0.4) is 0 Å². The summed E-state index contributed by atoms with van der Waals surface area (Å²) in [6.07, 6.45) is 0. The van der Waals surface area contributed by atoms with Crippen molar-refractivity contribution in [2.24, 2.45) is 0 Å². The first-order chi connectivity index (χ1) is 12.7. The van der Waals surface area contributed by atoms with Gasteiger partial charge in [0.15, 0.2) is 17.3 Å². The van der Waals surface area contributed by atoms with E-state index in [1.165, 1.54) is 14.0 Å². The van der Waals surface area contributed by atoms with Crippen LogP contribution in [0.1, 0.15) is 57.6 Å². The van der Waals surface area contributed by atoms with E-state index < -0.39 is 0 Å². The number of carbonyl (C=O) groups is 2. The Balaban J connectivity index is 2.32. The molecule has 1 unspecified atom stereocenters. The zero-order valence-electron chi connectivity index (χ0n) is 16.8. The van der Waals surface area contributed by atoms with E-state index in [0.29, 0.717) is 39.8 Å². The second-order valence-corrected chi connectivity index (χ2v) is 6.34. The lowest BCUT2D eigenvalue weighted by Crippen LogP contribution is -2.27. The number of amides is 1. The lowest BCUT2D eigenvalue weighted by Gasteiger charge is -2.18. The van der Waals surface area contributed by atoms with Gasteiger partial charge < -0.3 is 24.5 Å². The van der Waals surface area contributed by atoms with E-state index in [0.717, 1.165) is 5.56 Å². The highest BCUT2D eigenvalue weighted by atomic mass is 16.5. The Morgan fingerprint density at radius 1 is 1.04 bits per heavy atom. The van der Waals surface area contributed by atoms with Crippen molar-refractivity contribution in [3.8, 4) is 17.2 Å². The predicted octanol–water partition coefficient (Wildman–Crippen LogP) is 3.35. The number of aryl methyl sites for hydroxylation is 1. The molecule has 2 N–H and O–H groups in total. The Bertz CT molecular complexity index is 844. The third-order valence-corrected chi connectivity index (χ3v) is 4.55. The average molecular weight is 374 g/mol. The molecular formula is C20H26N2O5. The predicted molar refractivity (Wildman–Crippen MR) is 102 cm³/mol. The summed E-state index contributed by atoms with van der Waals surface area (Å²) < 4.78 is 16.0. The number of benzene rings is 1. The Hall–Kier alpha value is -2.96. The number of ketones is 1. The van der Waals surface area contributed by atoms with E-state index in [9.17, 15) is 9.59 Å². The minimum absolute atomic E-state index is 0.0713. The lowest BCUT2D eigenvalue weighted by molar-refractivity contribution is 0.0934. The summed E-state index contributed by atoms with van der Waals surface area (Å²) in [6.45, 7) is 6.89. The molecule has 0 spiro atoms. The maximum absolute atomic E-state index is 12.7. The van der Waals surface area contributed by atoms with Crippen LogP contribution in [0, 0.1) is 13.8 Å². The number of aromatic nitrogens is 1. The molecule has 7 heteroatoms. The van der Waals surface area contributed by atoms with Crippen molar-refractivity contribution >= 4 is 11.7 Å². The van der Waals surface area contributed by atoms with Gasteiger partial charge in [-0.05, 0) is 51.0 Å². The second-order valence-electron chi connectivity index (χ2n) is 6.34. The number of H-pyrrole nitrogens is 1. The highest BCUT2D eigenvalue weighted by Gasteiger charge is 2.22. The molecule has 1 aromatic heterocycles. The lowest BCUT2D eigenvalue weighted by atomic mass is 10.0. The summed E-state index contributed by atoms with van der Waals surface area (Å²) in [4.78, 5) is 27.5. The van der Waals surface area contributed by atoms with Crippen LogP contribution in [-0.2, 0) is 0 Å². The van der Waals surface area contributed by atoms with Crippen LogP contribution < -0.4 is 19.5 Å². The van der Waals surface area contributed by atoms with Gasteiger partial charge >= 0.3 is 0 Å². The van der Waals surface area contributed by atoms with Gasteiger partial charge in [-0.1, -0.05) is 0 Å². The van der Waals surface area contributed by atoms with Gasteiger partial charge in [-0.25, -0.2) is 0 Å². The molecule has 146 valence electrons. The first-order valence-corrected chi connectivity index (χ1v) is 8.55. The molecule has 0 aliphatic carbocycles. The number of Topliss-reactive ketones (excluding diaryl/α,β-unsaturated/α-hetero) is 1. The van der Waals surface area contributed by atoms with Gasteiger partial charge in [-0.3, -0.25) is 9.59 Å². The van der Waals surface area contributed by atoms with Gasteiger partial charge in [0.05, 0.1) is 27.4 Å². The van der Waals surface area contributed by atoms with E-state index in [1.54, 1.807) is 40.2 Å². The molecule has 0 aliphatic heterocycles. The summed E-state index contributed by atoms with van der Waals surface area (Å²) in [5.41, 5.74) is 3.07. The van der Waals surface area contributed by atoms with E-state index in [2.05, 4.69) is 10.3 Å². The summed E-state index contributed by atoms with van der Waals surface area (Å²) in [6, 6.07) is 3.26. The fraction of sp³-hybridized carbons (Fsp3) is 0.400. The number of nitrogens with one attached hydrogen (secondary N) is 2. The molecule has 2 rings (SSSR count). The molecule has 0 aliphatic rings. The van der Waals surface area contributed by atoms with Gasteiger partial charge in [0.2, 0.25) is 5.75 Å². The maximum Gasteiger partial charge on any atom is 0.268 e. The average Bonchev–Trinajstić information content (AvgIpc) is 2.94. The third-order valence-electron chi connectivity index (χ3n) is 4.55.